The van der Waals surface area contributed by atoms with E-state index >= 15 is 0 Å². The summed E-state index contributed by atoms with van der Waals surface area (Å²) in [5.41, 5.74) is 4.69. The van der Waals surface area contributed by atoms with Crippen molar-refractivity contribution >= 4 is 5.69 Å². The molecular weight excluding hydrogens is 300 g/mol. The minimum Gasteiger partial charge on any atom is -0.365 e. The molecule has 0 atom stereocenters. The average molecular weight is 320 g/mol. The van der Waals surface area contributed by atoms with E-state index in [0.29, 0.717) is 0 Å². The summed E-state index contributed by atoms with van der Waals surface area (Å²) in [6.07, 6.45) is 5.62. The zero-order valence-electron chi connectivity index (χ0n) is 13.5. The Labute approximate surface area is 140 Å². The number of aryl methyl sites for hydroxylation is 2. The molecule has 1 aromatic carbocycles. The van der Waals surface area contributed by atoms with Gasteiger partial charge in [0, 0.05) is 43.2 Å². The van der Waals surface area contributed by atoms with Crippen molar-refractivity contribution in [2.75, 3.05) is 11.4 Å². The van der Waals surface area contributed by atoms with Gasteiger partial charge in [0.25, 0.3) is 0 Å². The van der Waals surface area contributed by atoms with E-state index < -0.39 is 0 Å². The van der Waals surface area contributed by atoms with E-state index in [1.807, 2.05) is 18.5 Å². The first kappa shape index (κ1) is 14.8. The van der Waals surface area contributed by atoms with Crippen molar-refractivity contribution in [3.05, 3.63) is 82.3 Å². The predicted octanol–water partition coefficient (Wildman–Crippen LogP) is 2.38. The lowest BCUT2D eigenvalue weighted by Gasteiger charge is -2.28. The molecule has 0 saturated carbocycles. The molecule has 24 heavy (non-hydrogen) atoms. The number of nitrogens with one attached hydrogen (secondary N) is 1. The maximum Gasteiger partial charge on any atom is 0.249 e. The fourth-order valence-electron chi connectivity index (χ4n) is 3.31. The summed E-state index contributed by atoms with van der Waals surface area (Å²) in [4.78, 5) is 21.0. The van der Waals surface area contributed by atoms with E-state index in [0.717, 1.165) is 43.9 Å². The van der Waals surface area contributed by atoms with Crippen LogP contribution in [0.5, 0.6) is 0 Å². The Bertz CT molecular complexity index is 882. The van der Waals surface area contributed by atoms with Gasteiger partial charge in [-0.15, -0.1) is 0 Å². The molecule has 4 rings (SSSR count). The first-order valence-electron chi connectivity index (χ1n) is 8.30. The van der Waals surface area contributed by atoms with Crippen LogP contribution in [0.3, 0.4) is 0 Å². The van der Waals surface area contributed by atoms with Crippen LogP contribution >= 0.6 is 0 Å². The van der Waals surface area contributed by atoms with Crippen molar-refractivity contribution in [1.29, 1.82) is 0 Å². The number of hydrogen-bond donors (Lipinski definition) is 1. The second kappa shape index (κ2) is 6.35. The van der Waals surface area contributed by atoms with E-state index in [1.54, 1.807) is 12.3 Å². The van der Waals surface area contributed by atoms with Gasteiger partial charge < -0.3 is 14.5 Å². The summed E-state index contributed by atoms with van der Waals surface area (Å²) in [5.74, 6) is 0. The minimum atomic E-state index is -0.0633. The molecule has 0 fully saturated rings. The summed E-state index contributed by atoms with van der Waals surface area (Å²) in [5, 5.41) is 0. The van der Waals surface area contributed by atoms with Gasteiger partial charge in [-0.05, 0) is 18.1 Å². The number of fused-ring (bicyclic) bond motifs is 1. The van der Waals surface area contributed by atoms with Crippen molar-refractivity contribution < 1.29 is 0 Å². The second-order valence-electron chi connectivity index (χ2n) is 6.15. The molecule has 122 valence electrons. The van der Waals surface area contributed by atoms with Crippen LogP contribution in [0.25, 0.3) is 0 Å². The lowest BCUT2D eigenvalue weighted by Crippen LogP contribution is -2.32. The summed E-state index contributed by atoms with van der Waals surface area (Å²) >= 11 is 0. The van der Waals surface area contributed by atoms with Crippen LogP contribution in [0, 0.1) is 0 Å². The van der Waals surface area contributed by atoms with Crippen LogP contribution in [-0.2, 0) is 25.9 Å². The number of hydrogen-bond acceptors (Lipinski definition) is 3. The molecule has 1 N–H and O–H groups in total. The van der Waals surface area contributed by atoms with Crippen LogP contribution in [0.1, 0.15) is 17.0 Å². The third kappa shape index (κ3) is 2.97. The zero-order chi connectivity index (χ0) is 16.4. The fraction of sp³-hybridized carbons (Fsp3) is 0.263. The minimum absolute atomic E-state index is 0.0633. The van der Waals surface area contributed by atoms with Gasteiger partial charge in [0.1, 0.15) is 0 Å². The van der Waals surface area contributed by atoms with E-state index in [4.69, 9.17) is 0 Å². The zero-order valence-corrected chi connectivity index (χ0v) is 13.5. The Hall–Kier alpha value is -2.82. The molecule has 0 saturated heterocycles. The molecule has 3 aromatic rings. The molecule has 0 aliphatic carbocycles. The van der Waals surface area contributed by atoms with Crippen LogP contribution in [0.2, 0.25) is 0 Å². The highest BCUT2D eigenvalue weighted by molar-refractivity contribution is 5.46. The van der Waals surface area contributed by atoms with E-state index in [1.165, 1.54) is 11.3 Å². The van der Waals surface area contributed by atoms with Crippen molar-refractivity contribution in [3.8, 4) is 0 Å². The quantitative estimate of drug-likeness (QED) is 0.803. The maximum atomic E-state index is 11.5. The molecule has 2 aromatic heterocycles. The SMILES string of the molecule is O=c1cc(N2CCc3c(ncn3CCc3ccccc3)C2)cc[nH]1. The Kier molecular flexibility index (Phi) is 3.91. The van der Waals surface area contributed by atoms with E-state index in [-0.39, 0.29) is 5.56 Å². The number of nitrogens with zero attached hydrogens (tertiary/aromatic N) is 3. The van der Waals surface area contributed by atoms with Crippen molar-refractivity contribution in [2.24, 2.45) is 0 Å². The maximum absolute atomic E-state index is 11.5. The molecule has 0 bridgehead atoms. The molecule has 5 heteroatoms. The number of benzene rings is 1. The summed E-state index contributed by atoms with van der Waals surface area (Å²) in [6.45, 7) is 2.63. The topological polar surface area (TPSA) is 53.9 Å². The van der Waals surface area contributed by atoms with Gasteiger partial charge in [-0.1, -0.05) is 30.3 Å². The predicted molar refractivity (Wildman–Crippen MR) is 94.2 cm³/mol. The average Bonchev–Trinajstić information content (AvgIpc) is 3.03. The highest BCUT2D eigenvalue weighted by Gasteiger charge is 2.21. The smallest absolute Gasteiger partial charge is 0.249 e. The van der Waals surface area contributed by atoms with Crippen molar-refractivity contribution in [1.82, 2.24) is 14.5 Å². The molecule has 5 nitrogen and oxygen atoms in total. The molecule has 3 heterocycles. The van der Waals surface area contributed by atoms with Gasteiger partial charge in [-0.2, -0.15) is 0 Å². The number of H-pyrrole nitrogens is 1. The second-order valence-corrected chi connectivity index (χ2v) is 6.15. The fourth-order valence-corrected chi connectivity index (χ4v) is 3.31. The lowest BCUT2D eigenvalue weighted by atomic mass is 10.1. The van der Waals surface area contributed by atoms with Gasteiger partial charge in [-0.3, -0.25) is 4.79 Å². The third-order valence-electron chi connectivity index (χ3n) is 4.60. The summed E-state index contributed by atoms with van der Waals surface area (Å²) in [6, 6.07) is 14.1. The van der Waals surface area contributed by atoms with Gasteiger partial charge in [0.05, 0.1) is 18.6 Å². The van der Waals surface area contributed by atoms with Gasteiger partial charge in [0.15, 0.2) is 0 Å². The van der Waals surface area contributed by atoms with Crippen LogP contribution in [0.4, 0.5) is 5.69 Å². The lowest BCUT2D eigenvalue weighted by molar-refractivity contribution is 0.625. The molecule has 0 amide bonds. The molecule has 1 aliphatic rings. The molecule has 0 spiro atoms. The molecule has 0 radical (unpaired) electrons. The van der Waals surface area contributed by atoms with Crippen LogP contribution in [0.15, 0.2) is 59.8 Å². The number of aromatic amines is 1. The first-order valence-corrected chi connectivity index (χ1v) is 8.30. The number of imidazole rings is 1. The molecule has 1 aliphatic heterocycles. The van der Waals surface area contributed by atoms with Gasteiger partial charge >= 0.3 is 0 Å². The van der Waals surface area contributed by atoms with Gasteiger partial charge in [0.2, 0.25) is 5.56 Å². The molecule has 0 unspecified atom stereocenters. The largest absolute Gasteiger partial charge is 0.365 e. The number of anilines is 1. The Balaban J connectivity index is 1.48. The normalized spacial score (nSPS) is 13.8. The Morgan fingerprint density at radius 3 is 2.88 bits per heavy atom. The van der Waals surface area contributed by atoms with Gasteiger partial charge in [-0.25, -0.2) is 4.98 Å². The van der Waals surface area contributed by atoms with Crippen molar-refractivity contribution in [2.45, 2.75) is 25.9 Å². The first-order chi connectivity index (χ1) is 11.8. The monoisotopic (exact) mass is 320 g/mol. The van der Waals surface area contributed by atoms with Crippen LogP contribution < -0.4 is 10.5 Å². The highest BCUT2D eigenvalue weighted by Crippen LogP contribution is 2.22. The summed E-state index contributed by atoms with van der Waals surface area (Å²) in [7, 11) is 0. The van der Waals surface area contributed by atoms with E-state index in [9.17, 15) is 4.79 Å². The van der Waals surface area contributed by atoms with Crippen LogP contribution in [-0.4, -0.2) is 21.1 Å². The highest BCUT2D eigenvalue weighted by atomic mass is 16.1. The number of rotatable bonds is 4. The standard InChI is InChI=1S/C19H20N4O/c24-19-12-16(6-9-20-19)22-11-8-18-17(13-22)21-14-23(18)10-7-15-4-2-1-3-5-15/h1-6,9,12,14H,7-8,10-11,13H2,(H,20,24). The number of pyridine rings is 1. The molecular formula is C19H20N4O. The number of aromatic nitrogens is 3. The third-order valence-corrected chi connectivity index (χ3v) is 4.60. The Morgan fingerprint density at radius 1 is 1.17 bits per heavy atom. The van der Waals surface area contributed by atoms with E-state index in [2.05, 4.69) is 43.7 Å². The van der Waals surface area contributed by atoms with Crippen molar-refractivity contribution in [3.63, 3.8) is 0 Å². The Morgan fingerprint density at radius 2 is 2.04 bits per heavy atom. The summed E-state index contributed by atoms with van der Waals surface area (Å²) < 4.78 is 2.28.